The second-order valence-corrected chi connectivity index (χ2v) is 5.96. The first-order valence-electron chi connectivity index (χ1n) is 8.08. The number of rotatable bonds is 6. The van der Waals surface area contributed by atoms with Gasteiger partial charge in [0, 0.05) is 6.54 Å². The van der Waals surface area contributed by atoms with Gasteiger partial charge < -0.3 is 19.5 Å². The van der Waals surface area contributed by atoms with E-state index in [0.29, 0.717) is 24.0 Å². The Hall–Kier alpha value is -2.77. The summed E-state index contributed by atoms with van der Waals surface area (Å²) in [4.78, 5) is 35.0. The topological polar surface area (TPSA) is 103 Å². The molecule has 0 aliphatic carbocycles. The smallest absolute Gasteiger partial charge is 0.351 e. The van der Waals surface area contributed by atoms with Crippen LogP contribution in [-0.2, 0) is 14.3 Å². The Kier molecular flexibility index (Phi) is 6.62. The largest absolute Gasteiger partial charge is 0.485 e. The monoisotopic (exact) mass is 350 g/mol. The van der Waals surface area contributed by atoms with E-state index in [0.717, 1.165) is 6.42 Å². The molecular formula is C17H22N2O6. The minimum absolute atomic E-state index is 0.00679. The first-order valence-corrected chi connectivity index (χ1v) is 8.08. The van der Waals surface area contributed by atoms with Crippen LogP contribution < -0.4 is 20.1 Å². The molecule has 2 N–H and O–H groups in total. The lowest BCUT2D eigenvalue weighted by atomic mass is 10.1. The van der Waals surface area contributed by atoms with E-state index in [1.807, 2.05) is 13.8 Å². The predicted octanol–water partition coefficient (Wildman–Crippen LogP) is 1.24. The number of ether oxygens (including phenoxy) is 3. The molecule has 0 fully saturated rings. The van der Waals surface area contributed by atoms with Gasteiger partial charge in [0.1, 0.15) is 6.61 Å². The molecule has 1 aromatic rings. The van der Waals surface area contributed by atoms with E-state index in [4.69, 9.17) is 14.2 Å². The Morgan fingerprint density at radius 3 is 2.68 bits per heavy atom. The second kappa shape index (κ2) is 8.91. The molecule has 0 saturated heterocycles. The Balaban J connectivity index is 1.69. The Morgan fingerprint density at radius 1 is 1.24 bits per heavy atom. The lowest BCUT2D eigenvalue weighted by molar-refractivity contribution is -0.157. The van der Waals surface area contributed by atoms with Gasteiger partial charge in [-0.15, -0.1) is 0 Å². The van der Waals surface area contributed by atoms with Crippen molar-refractivity contribution in [3.05, 3.63) is 24.3 Å². The van der Waals surface area contributed by atoms with Crippen LogP contribution >= 0.6 is 0 Å². The molecule has 1 aliphatic rings. The van der Waals surface area contributed by atoms with Crippen LogP contribution in [0.25, 0.3) is 0 Å². The highest BCUT2D eigenvalue weighted by Crippen LogP contribution is 2.31. The van der Waals surface area contributed by atoms with Gasteiger partial charge in [0.05, 0.1) is 0 Å². The van der Waals surface area contributed by atoms with Gasteiger partial charge in [-0.25, -0.2) is 9.59 Å². The SMILES string of the molecule is CC(C)CCNC(=O)NC(=O)COC(=O)[C@@H]1COc2ccccc2O1. The van der Waals surface area contributed by atoms with E-state index in [1.165, 1.54) is 0 Å². The van der Waals surface area contributed by atoms with Crippen molar-refractivity contribution in [3.8, 4) is 11.5 Å². The average molecular weight is 350 g/mol. The van der Waals surface area contributed by atoms with Crippen LogP contribution in [0.15, 0.2) is 24.3 Å². The fraction of sp³-hybridized carbons (Fsp3) is 0.471. The summed E-state index contributed by atoms with van der Waals surface area (Å²) < 4.78 is 15.7. The molecule has 0 saturated carbocycles. The number of esters is 1. The number of para-hydroxylation sites is 2. The second-order valence-electron chi connectivity index (χ2n) is 5.96. The van der Waals surface area contributed by atoms with Gasteiger partial charge in [0.25, 0.3) is 5.91 Å². The van der Waals surface area contributed by atoms with Crippen LogP contribution in [0.4, 0.5) is 4.79 Å². The van der Waals surface area contributed by atoms with Crippen molar-refractivity contribution in [2.45, 2.75) is 26.4 Å². The van der Waals surface area contributed by atoms with Gasteiger partial charge >= 0.3 is 12.0 Å². The lowest BCUT2D eigenvalue weighted by Crippen LogP contribution is -2.43. The van der Waals surface area contributed by atoms with Gasteiger partial charge in [-0.05, 0) is 24.5 Å². The number of nitrogens with one attached hydrogen (secondary N) is 2. The van der Waals surface area contributed by atoms with Crippen LogP contribution in [0.1, 0.15) is 20.3 Å². The van der Waals surface area contributed by atoms with Gasteiger partial charge in [0.15, 0.2) is 18.1 Å². The fourth-order valence-electron chi connectivity index (χ4n) is 2.05. The maximum Gasteiger partial charge on any atom is 0.351 e. The molecule has 8 heteroatoms. The number of fused-ring (bicyclic) bond motifs is 1. The van der Waals surface area contributed by atoms with Crippen molar-refractivity contribution in [2.75, 3.05) is 19.8 Å². The summed E-state index contributed by atoms with van der Waals surface area (Å²) in [6, 6.07) is 6.32. The van der Waals surface area contributed by atoms with Gasteiger partial charge in [-0.2, -0.15) is 0 Å². The number of benzene rings is 1. The Labute approximate surface area is 145 Å². The third-order valence-corrected chi connectivity index (χ3v) is 3.38. The molecule has 25 heavy (non-hydrogen) atoms. The highest BCUT2D eigenvalue weighted by atomic mass is 16.6. The summed E-state index contributed by atoms with van der Waals surface area (Å²) in [5.41, 5.74) is 0. The highest BCUT2D eigenvalue weighted by Gasteiger charge is 2.29. The van der Waals surface area contributed by atoms with Crippen molar-refractivity contribution < 1.29 is 28.6 Å². The molecule has 1 aromatic carbocycles. The van der Waals surface area contributed by atoms with Gasteiger partial charge in [-0.1, -0.05) is 26.0 Å². The minimum atomic E-state index is -0.956. The van der Waals surface area contributed by atoms with Crippen LogP contribution in [0.2, 0.25) is 0 Å². The molecular weight excluding hydrogens is 328 g/mol. The number of amides is 3. The molecule has 0 unspecified atom stereocenters. The molecule has 8 nitrogen and oxygen atoms in total. The summed E-state index contributed by atoms with van der Waals surface area (Å²) in [5.74, 6) is -0.0239. The number of urea groups is 1. The fourth-order valence-corrected chi connectivity index (χ4v) is 2.05. The highest BCUT2D eigenvalue weighted by molar-refractivity contribution is 5.95. The van der Waals surface area contributed by atoms with E-state index in [-0.39, 0.29) is 6.61 Å². The molecule has 136 valence electrons. The minimum Gasteiger partial charge on any atom is -0.485 e. The van der Waals surface area contributed by atoms with Crippen molar-refractivity contribution in [1.82, 2.24) is 10.6 Å². The average Bonchev–Trinajstić information content (AvgIpc) is 2.58. The third-order valence-electron chi connectivity index (χ3n) is 3.38. The molecule has 0 radical (unpaired) electrons. The maximum atomic E-state index is 11.9. The van der Waals surface area contributed by atoms with Gasteiger partial charge in [-0.3, -0.25) is 10.1 Å². The van der Waals surface area contributed by atoms with Gasteiger partial charge in [0.2, 0.25) is 6.10 Å². The van der Waals surface area contributed by atoms with E-state index < -0.39 is 30.6 Å². The first kappa shape index (κ1) is 18.6. The normalized spacial score (nSPS) is 15.4. The standard InChI is InChI=1S/C17H22N2O6/c1-11(2)7-8-18-17(22)19-15(20)10-24-16(21)14-9-23-12-5-3-4-6-13(12)25-14/h3-6,11,14H,7-10H2,1-2H3,(H2,18,19,20,22)/t14-/m0/s1. The number of imide groups is 1. The third kappa shape index (κ3) is 5.98. The zero-order valence-electron chi connectivity index (χ0n) is 14.2. The molecule has 3 amide bonds. The van der Waals surface area contributed by atoms with Crippen molar-refractivity contribution in [1.29, 1.82) is 0 Å². The molecule has 1 heterocycles. The summed E-state index contributed by atoms with van der Waals surface area (Å²) in [6.07, 6.45) is -0.153. The van der Waals surface area contributed by atoms with Crippen LogP contribution in [0.3, 0.4) is 0 Å². The van der Waals surface area contributed by atoms with Crippen LogP contribution in [-0.4, -0.2) is 43.8 Å². The quantitative estimate of drug-likeness (QED) is 0.748. The molecule has 2 rings (SSSR count). The summed E-state index contributed by atoms with van der Waals surface area (Å²) >= 11 is 0. The van der Waals surface area contributed by atoms with Crippen LogP contribution in [0, 0.1) is 5.92 Å². The van der Waals surface area contributed by atoms with Crippen molar-refractivity contribution in [3.63, 3.8) is 0 Å². The summed E-state index contributed by atoms with van der Waals surface area (Å²) in [7, 11) is 0. The molecule has 1 atom stereocenters. The van der Waals surface area contributed by atoms with E-state index >= 15 is 0 Å². The number of hydrogen-bond acceptors (Lipinski definition) is 6. The molecule has 1 aliphatic heterocycles. The Bertz CT molecular complexity index is 631. The lowest BCUT2D eigenvalue weighted by Gasteiger charge is -2.24. The zero-order chi connectivity index (χ0) is 18.2. The molecule has 0 spiro atoms. The maximum absolute atomic E-state index is 11.9. The number of carbonyl (C=O) groups excluding carboxylic acids is 3. The first-order chi connectivity index (χ1) is 12.0. The molecule has 0 aromatic heterocycles. The number of carbonyl (C=O) groups is 3. The van der Waals surface area contributed by atoms with E-state index in [2.05, 4.69) is 10.6 Å². The van der Waals surface area contributed by atoms with Crippen molar-refractivity contribution in [2.24, 2.45) is 5.92 Å². The summed E-state index contributed by atoms with van der Waals surface area (Å²) in [5, 5.41) is 4.64. The van der Waals surface area contributed by atoms with Crippen molar-refractivity contribution >= 4 is 17.9 Å². The summed E-state index contributed by atoms with van der Waals surface area (Å²) in [6.45, 7) is 3.94. The van der Waals surface area contributed by atoms with Crippen LogP contribution in [0.5, 0.6) is 11.5 Å². The zero-order valence-corrected chi connectivity index (χ0v) is 14.2. The predicted molar refractivity (Wildman–Crippen MR) is 88.3 cm³/mol. The van der Waals surface area contributed by atoms with E-state index in [1.54, 1.807) is 24.3 Å². The molecule has 0 bridgehead atoms. The Morgan fingerprint density at radius 2 is 1.96 bits per heavy atom. The number of hydrogen-bond donors (Lipinski definition) is 2. The van der Waals surface area contributed by atoms with E-state index in [9.17, 15) is 14.4 Å².